The van der Waals surface area contributed by atoms with Crippen LogP contribution < -0.4 is 0 Å². The lowest BCUT2D eigenvalue weighted by Gasteiger charge is -2.18. The normalized spacial score (nSPS) is 12.7. The van der Waals surface area contributed by atoms with Gasteiger partial charge in [-0.1, -0.05) is 77.6 Å². The van der Waals surface area contributed by atoms with Crippen LogP contribution in [0.3, 0.4) is 0 Å². The molecule has 0 aliphatic carbocycles. The second-order valence-corrected chi connectivity index (χ2v) is 6.78. The molecule has 0 saturated heterocycles. The Morgan fingerprint density at radius 1 is 0.739 bits per heavy atom. The highest BCUT2D eigenvalue weighted by Crippen LogP contribution is 2.21. The quantitative estimate of drug-likeness (QED) is 0.263. The lowest BCUT2D eigenvalue weighted by atomic mass is 9.93. The maximum Gasteiger partial charge on any atom is 0.303 e. The lowest BCUT2D eigenvalue weighted by Crippen LogP contribution is -2.19. The van der Waals surface area contributed by atoms with Crippen molar-refractivity contribution in [1.82, 2.24) is 0 Å². The number of hydrogen-bond acceptors (Lipinski definition) is 3. The molecular weight excluding hydrogens is 292 g/mol. The van der Waals surface area contributed by atoms with E-state index in [4.69, 9.17) is 5.11 Å². The Morgan fingerprint density at radius 3 is 1.61 bits per heavy atom. The summed E-state index contributed by atoms with van der Waals surface area (Å²) in [6.45, 7) is 2.21. The van der Waals surface area contributed by atoms with Crippen LogP contribution in [-0.2, 0) is 4.79 Å². The number of carboxylic acids is 1. The predicted molar refractivity (Wildman–Crippen MR) is 94.3 cm³/mol. The van der Waals surface area contributed by atoms with Gasteiger partial charge in [-0.3, -0.25) is 4.79 Å². The van der Waals surface area contributed by atoms with E-state index < -0.39 is 12.3 Å². The fourth-order valence-electron chi connectivity index (χ4n) is 3.02. The predicted octanol–water partition coefficient (Wildman–Crippen LogP) is 4.87. The lowest BCUT2D eigenvalue weighted by molar-refractivity contribution is -0.137. The second kappa shape index (κ2) is 16.3. The van der Waals surface area contributed by atoms with Gasteiger partial charge in [0.15, 0.2) is 6.29 Å². The Hall–Kier alpha value is -0.610. The summed E-state index contributed by atoms with van der Waals surface area (Å²) in [5.41, 5.74) is 0. The highest BCUT2D eigenvalue weighted by molar-refractivity contribution is 5.66. The van der Waals surface area contributed by atoms with Crippen LogP contribution in [-0.4, -0.2) is 27.6 Å². The summed E-state index contributed by atoms with van der Waals surface area (Å²) >= 11 is 0. The summed E-state index contributed by atoms with van der Waals surface area (Å²) in [5.74, 6) is -0.687. The Kier molecular flexibility index (Phi) is 15.8. The number of aliphatic hydroxyl groups excluding tert-OH is 1. The van der Waals surface area contributed by atoms with Crippen molar-refractivity contribution in [2.75, 3.05) is 0 Å². The number of hydrogen-bond donors (Lipinski definition) is 3. The van der Waals surface area contributed by atoms with Crippen LogP contribution in [0.2, 0.25) is 0 Å². The number of rotatable bonds is 17. The fraction of sp³-hybridized carbons (Fsp3) is 0.947. The number of carbonyl (C=O) groups is 1. The van der Waals surface area contributed by atoms with Crippen LogP contribution in [0.5, 0.6) is 0 Å². The van der Waals surface area contributed by atoms with Crippen LogP contribution in [0.15, 0.2) is 0 Å². The maximum atomic E-state index is 10.4. The first kappa shape index (κ1) is 22.4. The van der Waals surface area contributed by atoms with E-state index in [0.717, 1.165) is 57.8 Å². The van der Waals surface area contributed by atoms with Gasteiger partial charge >= 0.3 is 5.97 Å². The topological polar surface area (TPSA) is 77.8 Å². The molecule has 1 unspecified atom stereocenters. The molecule has 4 nitrogen and oxygen atoms in total. The van der Waals surface area contributed by atoms with Crippen molar-refractivity contribution in [2.24, 2.45) is 5.92 Å². The molecule has 0 amide bonds. The summed E-state index contributed by atoms with van der Waals surface area (Å²) in [6, 6.07) is 0. The van der Waals surface area contributed by atoms with E-state index in [2.05, 4.69) is 6.92 Å². The van der Waals surface area contributed by atoms with Gasteiger partial charge < -0.3 is 15.3 Å². The molecule has 0 rings (SSSR count). The minimum atomic E-state index is -1.18. The zero-order chi connectivity index (χ0) is 17.3. The van der Waals surface area contributed by atoms with E-state index in [1.54, 1.807) is 0 Å². The minimum Gasteiger partial charge on any atom is -0.481 e. The van der Waals surface area contributed by atoms with E-state index in [-0.39, 0.29) is 12.3 Å². The first-order chi connectivity index (χ1) is 11.1. The van der Waals surface area contributed by atoms with Crippen molar-refractivity contribution in [2.45, 2.75) is 110 Å². The van der Waals surface area contributed by atoms with Crippen LogP contribution >= 0.6 is 0 Å². The van der Waals surface area contributed by atoms with Gasteiger partial charge in [-0.2, -0.15) is 0 Å². The van der Waals surface area contributed by atoms with E-state index in [1.807, 2.05) is 0 Å². The molecule has 3 N–H and O–H groups in total. The second-order valence-electron chi connectivity index (χ2n) is 6.78. The summed E-state index contributed by atoms with van der Waals surface area (Å²) < 4.78 is 0. The third-order valence-electron chi connectivity index (χ3n) is 4.57. The first-order valence-electron chi connectivity index (χ1n) is 9.65. The van der Waals surface area contributed by atoms with Crippen LogP contribution in [0.25, 0.3) is 0 Å². The molecule has 0 aliphatic heterocycles. The van der Waals surface area contributed by atoms with Crippen molar-refractivity contribution in [3.05, 3.63) is 0 Å². The molecule has 138 valence electrons. The third-order valence-corrected chi connectivity index (χ3v) is 4.57. The Balaban J connectivity index is 3.51. The standard InChI is InChI=1S/C19H38O4/c1-2-3-4-5-8-11-14-17(19(22)23)15-12-9-6-7-10-13-16-18(20)21/h17,19,22-23H,2-16H2,1H3,(H,20,21). The van der Waals surface area contributed by atoms with Crippen molar-refractivity contribution in [1.29, 1.82) is 0 Å². The first-order valence-corrected chi connectivity index (χ1v) is 9.65. The summed E-state index contributed by atoms with van der Waals surface area (Å²) in [5, 5.41) is 27.5. The molecule has 0 fully saturated rings. The molecule has 0 aromatic heterocycles. The van der Waals surface area contributed by atoms with Gasteiger partial charge in [-0.25, -0.2) is 0 Å². The molecule has 4 heteroatoms. The number of carboxylic acid groups (broad SMARTS) is 1. The summed E-state index contributed by atoms with van der Waals surface area (Å²) in [4.78, 5) is 10.4. The Bertz CT molecular complexity index is 266. The third kappa shape index (κ3) is 16.0. The zero-order valence-corrected chi connectivity index (χ0v) is 15.0. The largest absolute Gasteiger partial charge is 0.481 e. The molecule has 0 aliphatic rings. The Labute approximate surface area is 142 Å². The average Bonchev–Trinajstić information content (AvgIpc) is 2.50. The molecular formula is C19H38O4. The van der Waals surface area contributed by atoms with Gasteiger partial charge in [0, 0.05) is 12.3 Å². The number of unbranched alkanes of at least 4 members (excludes halogenated alkanes) is 10. The van der Waals surface area contributed by atoms with Crippen LogP contribution in [0, 0.1) is 5.92 Å². The highest BCUT2D eigenvalue weighted by atomic mass is 16.5. The summed E-state index contributed by atoms with van der Waals surface area (Å²) in [7, 11) is 0. The van der Waals surface area contributed by atoms with E-state index >= 15 is 0 Å². The highest BCUT2D eigenvalue weighted by Gasteiger charge is 2.15. The monoisotopic (exact) mass is 330 g/mol. The molecule has 0 aromatic rings. The van der Waals surface area contributed by atoms with Crippen LogP contribution in [0.4, 0.5) is 0 Å². The molecule has 0 bridgehead atoms. The average molecular weight is 331 g/mol. The fourth-order valence-corrected chi connectivity index (χ4v) is 3.02. The van der Waals surface area contributed by atoms with Crippen molar-refractivity contribution in [3.63, 3.8) is 0 Å². The van der Waals surface area contributed by atoms with Gasteiger partial charge in [0.25, 0.3) is 0 Å². The zero-order valence-electron chi connectivity index (χ0n) is 15.0. The van der Waals surface area contributed by atoms with E-state index in [0.29, 0.717) is 0 Å². The maximum absolute atomic E-state index is 10.4. The van der Waals surface area contributed by atoms with Crippen LogP contribution in [0.1, 0.15) is 103 Å². The van der Waals surface area contributed by atoms with Gasteiger partial charge in [-0.15, -0.1) is 0 Å². The van der Waals surface area contributed by atoms with E-state index in [9.17, 15) is 15.0 Å². The molecule has 0 saturated carbocycles. The molecule has 0 spiro atoms. The molecule has 0 heterocycles. The van der Waals surface area contributed by atoms with Gasteiger partial charge in [0.2, 0.25) is 0 Å². The van der Waals surface area contributed by atoms with Gasteiger partial charge in [0.1, 0.15) is 0 Å². The molecule has 23 heavy (non-hydrogen) atoms. The van der Waals surface area contributed by atoms with E-state index in [1.165, 1.54) is 32.1 Å². The Morgan fingerprint density at radius 2 is 1.17 bits per heavy atom. The van der Waals surface area contributed by atoms with Gasteiger partial charge in [0.05, 0.1) is 0 Å². The minimum absolute atomic E-state index is 0.0215. The van der Waals surface area contributed by atoms with Crippen molar-refractivity contribution < 1.29 is 20.1 Å². The summed E-state index contributed by atoms with van der Waals surface area (Å²) in [6.07, 6.45) is 14.4. The van der Waals surface area contributed by atoms with Crippen molar-refractivity contribution >= 4 is 5.97 Å². The van der Waals surface area contributed by atoms with Crippen molar-refractivity contribution in [3.8, 4) is 0 Å². The SMILES string of the molecule is CCCCCCCCC(CCCCCCCCC(=O)O)C(O)O. The molecule has 0 radical (unpaired) electrons. The molecule has 0 aromatic carbocycles. The smallest absolute Gasteiger partial charge is 0.303 e. The van der Waals surface area contributed by atoms with Gasteiger partial charge in [-0.05, 0) is 19.3 Å². The number of aliphatic carboxylic acids is 1. The number of aliphatic hydroxyl groups is 2. The molecule has 1 atom stereocenters.